The van der Waals surface area contributed by atoms with Crippen LogP contribution < -0.4 is 0 Å². The first-order valence-electron chi connectivity index (χ1n) is 6.23. The maximum Gasteiger partial charge on any atom is 0.263 e. The summed E-state index contributed by atoms with van der Waals surface area (Å²) < 4.78 is 25.2. The summed E-state index contributed by atoms with van der Waals surface area (Å²) in [4.78, 5) is 2.34. The molecule has 0 aliphatic heterocycles. The van der Waals surface area contributed by atoms with Gasteiger partial charge in [-0.1, -0.05) is 25.1 Å². The third-order valence-electron chi connectivity index (χ3n) is 3.01. The Kier molecular flexibility index (Phi) is 4.66. The molecule has 0 aliphatic carbocycles. The first kappa shape index (κ1) is 14.2. The molecular formula is C15H16F2OS. The van der Waals surface area contributed by atoms with Crippen LogP contribution in [0.3, 0.4) is 0 Å². The second kappa shape index (κ2) is 6.26. The van der Waals surface area contributed by atoms with Crippen molar-refractivity contribution in [1.29, 1.82) is 0 Å². The molecule has 1 aromatic heterocycles. The van der Waals surface area contributed by atoms with Crippen molar-refractivity contribution < 1.29 is 13.9 Å². The minimum Gasteiger partial charge on any atom is -0.388 e. The largest absolute Gasteiger partial charge is 0.388 e. The molecule has 1 heterocycles. The molecular weight excluding hydrogens is 266 g/mol. The van der Waals surface area contributed by atoms with Crippen molar-refractivity contribution in [3.63, 3.8) is 0 Å². The summed E-state index contributed by atoms with van der Waals surface area (Å²) >= 11 is 1.66. The predicted molar refractivity (Wildman–Crippen MR) is 73.8 cm³/mol. The fraction of sp³-hybridized carbons (Fsp3) is 0.333. The third-order valence-corrected chi connectivity index (χ3v) is 4.26. The van der Waals surface area contributed by atoms with E-state index in [0.29, 0.717) is 12.0 Å². The van der Waals surface area contributed by atoms with Gasteiger partial charge in [0.1, 0.15) is 0 Å². The van der Waals surface area contributed by atoms with Crippen LogP contribution in [0, 0.1) is 0 Å². The minimum atomic E-state index is -2.50. The van der Waals surface area contributed by atoms with Crippen molar-refractivity contribution in [3.8, 4) is 0 Å². The van der Waals surface area contributed by atoms with Gasteiger partial charge in [0.05, 0.1) is 6.10 Å². The highest BCUT2D eigenvalue weighted by atomic mass is 32.1. The second-order valence-electron chi connectivity index (χ2n) is 4.41. The molecule has 1 nitrogen and oxygen atoms in total. The van der Waals surface area contributed by atoms with Crippen molar-refractivity contribution in [3.05, 3.63) is 57.3 Å². The summed E-state index contributed by atoms with van der Waals surface area (Å²) in [5.41, 5.74) is 0.501. The number of thiophene rings is 1. The number of benzene rings is 1. The average Bonchev–Trinajstić information content (AvgIpc) is 2.86. The van der Waals surface area contributed by atoms with Crippen LogP contribution in [-0.2, 0) is 12.8 Å². The third kappa shape index (κ3) is 3.61. The Labute approximate surface area is 115 Å². The Morgan fingerprint density at radius 1 is 1.11 bits per heavy atom. The normalized spacial score (nSPS) is 12.9. The quantitative estimate of drug-likeness (QED) is 0.854. The zero-order valence-electron chi connectivity index (χ0n) is 10.6. The maximum atomic E-state index is 12.6. The summed E-state index contributed by atoms with van der Waals surface area (Å²) in [6.45, 7) is 2.08. The van der Waals surface area contributed by atoms with Crippen molar-refractivity contribution in [2.75, 3.05) is 0 Å². The van der Waals surface area contributed by atoms with E-state index >= 15 is 0 Å². The fourth-order valence-corrected chi connectivity index (χ4v) is 2.93. The lowest BCUT2D eigenvalue weighted by Gasteiger charge is -2.11. The highest BCUT2D eigenvalue weighted by molar-refractivity contribution is 7.11. The number of halogens is 2. The Morgan fingerprint density at radius 2 is 1.79 bits per heavy atom. The molecule has 2 rings (SSSR count). The molecule has 0 amide bonds. The van der Waals surface area contributed by atoms with E-state index in [-0.39, 0.29) is 5.56 Å². The van der Waals surface area contributed by atoms with E-state index in [9.17, 15) is 13.9 Å². The van der Waals surface area contributed by atoms with E-state index in [1.54, 1.807) is 23.5 Å². The van der Waals surface area contributed by atoms with Crippen LogP contribution in [0.25, 0.3) is 0 Å². The van der Waals surface area contributed by atoms with Crippen molar-refractivity contribution >= 4 is 11.3 Å². The van der Waals surface area contributed by atoms with Gasteiger partial charge in [-0.15, -0.1) is 11.3 Å². The Bertz CT molecular complexity index is 536. The van der Waals surface area contributed by atoms with Gasteiger partial charge in [0.25, 0.3) is 6.43 Å². The number of aryl methyl sites for hydroxylation is 1. The molecule has 1 N–H and O–H groups in total. The van der Waals surface area contributed by atoms with Crippen LogP contribution in [0.15, 0.2) is 36.4 Å². The lowest BCUT2D eigenvalue weighted by molar-refractivity contribution is 0.150. The number of hydrogen-bond donors (Lipinski definition) is 1. The zero-order valence-corrected chi connectivity index (χ0v) is 11.5. The summed E-state index contributed by atoms with van der Waals surface area (Å²) in [5.74, 6) is 0. The Balaban J connectivity index is 2.10. The smallest absolute Gasteiger partial charge is 0.263 e. The highest BCUT2D eigenvalue weighted by Crippen LogP contribution is 2.27. The zero-order chi connectivity index (χ0) is 13.8. The molecule has 0 fully saturated rings. The maximum absolute atomic E-state index is 12.6. The predicted octanol–water partition coefficient (Wildman–Crippen LogP) is 4.52. The van der Waals surface area contributed by atoms with Crippen LogP contribution in [0.1, 0.15) is 40.3 Å². The molecule has 19 heavy (non-hydrogen) atoms. The van der Waals surface area contributed by atoms with E-state index in [1.807, 2.05) is 12.1 Å². The number of aliphatic hydroxyl groups excluding tert-OH is 1. The van der Waals surface area contributed by atoms with Crippen LogP contribution in [0.4, 0.5) is 8.78 Å². The molecule has 0 radical (unpaired) electrons. The topological polar surface area (TPSA) is 20.2 Å². The fourth-order valence-electron chi connectivity index (χ4n) is 1.93. The van der Waals surface area contributed by atoms with Gasteiger partial charge in [-0.3, -0.25) is 0 Å². The molecule has 0 aliphatic rings. The van der Waals surface area contributed by atoms with Gasteiger partial charge in [0, 0.05) is 21.7 Å². The van der Waals surface area contributed by atoms with Gasteiger partial charge >= 0.3 is 0 Å². The molecule has 0 saturated heterocycles. The summed E-state index contributed by atoms with van der Waals surface area (Å²) in [6, 6.07) is 10.0. The number of hydrogen-bond acceptors (Lipinski definition) is 2. The summed E-state index contributed by atoms with van der Waals surface area (Å²) in [5, 5.41) is 10.1. The molecule has 1 unspecified atom stereocenters. The van der Waals surface area contributed by atoms with Crippen LogP contribution in [0.2, 0.25) is 0 Å². The Hall–Kier alpha value is -1.26. The summed E-state index contributed by atoms with van der Waals surface area (Å²) in [6.07, 6.45) is -1.79. The van der Waals surface area contributed by atoms with Gasteiger partial charge < -0.3 is 5.11 Å². The van der Waals surface area contributed by atoms with Crippen LogP contribution >= 0.6 is 11.3 Å². The molecule has 1 atom stereocenters. The monoisotopic (exact) mass is 282 g/mol. The van der Waals surface area contributed by atoms with Gasteiger partial charge in [-0.25, -0.2) is 8.78 Å². The van der Waals surface area contributed by atoms with E-state index in [2.05, 4.69) is 6.92 Å². The molecule has 0 bridgehead atoms. The molecule has 4 heteroatoms. The lowest BCUT2D eigenvalue weighted by atomic mass is 10.0. The summed E-state index contributed by atoms with van der Waals surface area (Å²) in [7, 11) is 0. The van der Waals surface area contributed by atoms with Gasteiger partial charge in [0.2, 0.25) is 0 Å². The first-order chi connectivity index (χ1) is 9.10. The molecule has 1 aromatic carbocycles. The van der Waals surface area contributed by atoms with E-state index < -0.39 is 12.5 Å². The Morgan fingerprint density at radius 3 is 2.42 bits per heavy atom. The minimum absolute atomic E-state index is 0.0445. The SMILES string of the molecule is CCc1ccc(CC(O)c2cccc(C(F)F)c2)s1. The van der Waals surface area contributed by atoms with E-state index in [0.717, 1.165) is 11.3 Å². The van der Waals surface area contributed by atoms with Crippen LogP contribution in [0.5, 0.6) is 0 Å². The average molecular weight is 282 g/mol. The van der Waals surface area contributed by atoms with Crippen molar-refractivity contribution in [2.24, 2.45) is 0 Å². The molecule has 2 aromatic rings. The number of alkyl halides is 2. The lowest BCUT2D eigenvalue weighted by Crippen LogP contribution is -2.01. The molecule has 0 saturated carbocycles. The van der Waals surface area contributed by atoms with Gasteiger partial charge in [0.15, 0.2) is 0 Å². The standard InChI is InChI=1S/C15H16F2OS/c1-2-12-6-7-13(19-12)9-14(18)10-4-3-5-11(8-10)15(16)17/h3-8,14-15,18H,2,9H2,1H3. The van der Waals surface area contributed by atoms with Gasteiger partial charge in [-0.2, -0.15) is 0 Å². The van der Waals surface area contributed by atoms with Crippen LogP contribution in [-0.4, -0.2) is 5.11 Å². The second-order valence-corrected chi connectivity index (χ2v) is 5.67. The first-order valence-corrected chi connectivity index (χ1v) is 7.05. The van der Waals surface area contributed by atoms with Crippen molar-refractivity contribution in [1.82, 2.24) is 0 Å². The molecule has 102 valence electrons. The molecule has 0 spiro atoms. The number of rotatable bonds is 5. The van der Waals surface area contributed by atoms with Crippen molar-refractivity contribution in [2.45, 2.75) is 32.3 Å². The van der Waals surface area contributed by atoms with E-state index in [1.165, 1.54) is 17.0 Å². The highest BCUT2D eigenvalue weighted by Gasteiger charge is 2.13. The van der Waals surface area contributed by atoms with Gasteiger partial charge in [-0.05, 0) is 30.2 Å². The number of aliphatic hydroxyl groups is 1. The van der Waals surface area contributed by atoms with E-state index in [4.69, 9.17) is 0 Å².